The first kappa shape index (κ1) is 25.5. The van der Waals surface area contributed by atoms with Gasteiger partial charge in [0, 0.05) is 5.41 Å². The van der Waals surface area contributed by atoms with E-state index in [1.807, 2.05) is 38.1 Å². The molecule has 0 saturated heterocycles. The Kier molecular flexibility index (Phi) is 7.58. The zero-order valence-corrected chi connectivity index (χ0v) is 20.7. The van der Waals surface area contributed by atoms with Crippen molar-refractivity contribution in [1.82, 2.24) is 0 Å². The van der Waals surface area contributed by atoms with Crippen molar-refractivity contribution < 1.29 is 29.3 Å². The summed E-state index contributed by atoms with van der Waals surface area (Å²) < 4.78 is 11.0. The molecule has 0 heterocycles. The summed E-state index contributed by atoms with van der Waals surface area (Å²) in [5.41, 5.74) is 3.95. The molecule has 0 unspecified atom stereocenters. The molecule has 6 nitrogen and oxygen atoms in total. The van der Waals surface area contributed by atoms with Crippen LogP contribution in [0, 0.1) is 5.41 Å². The Hall–Kier alpha value is -4.58. The molecular weight excluding hydrogens is 468 g/mol. The van der Waals surface area contributed by atoms with E-state index in [-0.39, 0.29) is 24.7 Å². The Bertz CT molecular complexity index is 1250. The summed E-state index contributed by atoms with van der Waals surface area (Å²) in [6.45, 7) is 3.88. The minimum Gasteiger partial charge on any atom is -0.508 e. The van der Waals surface area contributed by atoms with E-state index in [0.29, 0.717) is 11.1 Å². The second-order valence-corrected chi connectivity index (χ2v) is 9.56. The molecule has 0 aliphatic carbocycles. The topological polar surface area (TPSA) is 93.1 Å². The number of carbonyl (C=O) groups excluding carboxylic acids is 2. The number of rotatable bonds is 8. The summed E-state index contributed by atoms with van der Waals surface area (Å²) in [7, 11) is 0. The lowest BCUT2D eigenvalue weighted by Gasteiger charge is -2.23. The van der Waals surface area contributed by atoms with E-state index in [2.05, 4.69) is 0 Å². The van der Waals surface area contributed by atoms with Gasteiger partial charge < -0.3 is 19.7 Å². The molecule has 4 aromatic rings. The Morgan fingerprint density at radius 1 is 0.541 bits per heavy atom. The molecule has 0 saturated carbocycles. The van der Waals surface area contributed by atoms with E-state index < -0.39 is 17.4 Å². The summed E-state index contributed by atoms with van der Waals surface area (Å²) in [6, 6.07) is 27.7. The number of phenolic OH excluding ortho intramolecular Hbond substituents is 2. The van der Waals surface area contributed by atoms with Crippen LogP contribution in [0.25, 0.3) is 22.3 Å². The van der Waals surface area contributed by atoms with Gasteiger partial charge in [-0.3, -0.25) is 0 Å². The van der Waals surface area contributed by atoms with Crippen LogP contribution >= 0.6 is 0 Å². The summed E-state index contributed by atoms with van der Waals surface area (Å²) in [5.74, 6) is -0.524. The first-order chi connectivity index (χ1) is 17.7. The maximum Gasteiger partial charge on any atom is 0.338 e. The van der Waals surface area contributed by atoms with E-state index >= 15 is 0 Å². The Morgan fingerprint density at radius 3 is 1.11 bits per heavy atom. The van der Waals surface area contributed by atoms with Crippen LogP contribution < -0.4 is 0 Å². The maximum atomic E-state index is 12.5. The highest BCUT2D eigenvalue weighted by atomic mass is 16.5. The number of hydrogen-bond acceptors (Lipinski definition) is 6. The molecule has 2 N–H and O–H groups in total. The van der Waals surface area contributed by atoms with Gasteiger partial charge in [-0.2, -0.15) is 0 Å². The third-order valence-electron chi connectivity index (χ3n) is 5.83. The smallest absolute Gasteiger partial charge is 0.338 e. The molecule has 37 heavy (non-hydrogen) atoms. The predicted octanol–water partition coefficient (Wildman–Crippen LogP) is 6.47. The minimum atomic E-state index is -0.580. The standard InChI is InChI=1S/C31H28O6/c1-31(2,19-36-29(34)25-7-3-21(4-8-25)23-11-15-27(32)16-12-23)20-37-30(35)26-9-5-22(6-10-26)24-13-17-28(33)18-14-24/h3-18,32-33H,19-20H2,1-2H3. The van der Waals surface area contributed by atoms with Gasteiger partial charge in [-0.1, -0.05) is 62.4 Å². The maximum absolute atomic E-state index is 12.5. The van der Waals surface area contributed by atoms with Crippen LogP contribution in [0.15, 0.2) is 97.1 Å². The number of hydrogen-bond donors (Lipinski definition) is 2. The lowest BCUT2D eigenvalue weighted by Crippen LogP contribution is -2.28. The molecule has 0 amide bonds. The highest BCUT2D eigenvalue weighted by molar-refractivity contribution is 5.90. The van der Waals surface area contributed by atoms with E-state index in [1.165, 1.54) is 0 Å². The molecule has 0 radical (unpaired) electrons. The van der Waals surface area contributed by atoms with Crippen molar-refractivity contribution in [3.63, 3.8) is 0 Å². The van der Waals surface area contributed by atoms with Gasteiger partial charge in [0.05, 0.1) is 24.3 Å². The summed E-state index contributed by atoms with van der Waals surface area (Å²) in [6.07, 6.45) is 0. The van der Waals surface area contributed by atoms with Crippen molar-refractivity contribution in [1.29, 1.82) is 0 Å². The van der Waals surface area contributed by atoms with Crippen LogP contribution in [0.3, 0.4) is 0 Å². The third-order valence-corrected chi connectivity index (χ3v) is 5.83. The molecule has 188 valence electrons. The van der Waals surface area contributed by atoms with Gasteiger partial charge in [0.1, 0.15) is 11.5 Å². The Balaban J connectivity index is 1.27. The quantitative estimate of drug-likeness (QED) is 0.272. The van der Waals surface area contributed by atoms with Gasteiger partial charge in [-0.25, -0.2) is 9.59 Å². The molecule has 0 aliphatic heterocycles. The lowest BCUT2D eigenvalue weighted by atomic mass is 9.96. The van der Waals surface area contributed by atoms with Crippen molar-refractivity contribution in [3.05, 3.63) is 108 Å². The van der Waals surface area contributed by atoms with Crippen LogP contribution in [0.4, 0.5) is 0 Å². The molecular formula is C31H28O6. The van der Waals surface area contributed by atoms with Crippen molar-refractivity contribution in [2.75, 3.05) is 13.2 Å². The molecule has 0 bridgehead atoms. The summed E-state index contributed by atoms with van der Waals surface area (Å²) >= 11 is 0. The third kappa shape index (κ3) is 6.76. The SMILES string of the molecule is CC(C)(COC(=O)c1ccc(-c2ccc(O)cc2)cc1)COC(=O)c1ccc(-c2ccc(O)cc2)cc1. The van der Waals surface area contributed by atoms with Crippen molar-refractivity contribution in [3.8, 4) is 33.8 Å². The number of benzene rings is 4. The molecule has 6 heteroatoms. The number of ether oxygens (including phenoxy) is 2. The normalized spacial score (nSPS) is 11.1. The predicted molar refractivity (Wildman–Crippen MR) is 141 cm³/mol. The molecule has 0 aliphatic rings. The van der Waals surface area contributed by atoms with Crippen LogP contribution in [-0.2, 0) is 9.47 Å². The fourth-order valence-electron chi connectivity index (χ4n) is 3.64. The average molecular weight is 497 g/mol. The summed E-state index contributed by atoms with van der Waals surface area (Å²) in [4.78, 5) is 25.1. The zero-order valence-electron chi connectivity index (χ0n) is 20.7. The van der Waals surface area contributed by atoms with Gasteiger partial charge in [-0.15, -0.1) is 0 Å². The van der Waals surface area contributed by atoms with Gasteiger partial charge in [0.2, 0.25) is 0 Å². The molecule has 0 aromatic heterocycles. The van der Waals surface area contributed by atoms with E-state index in [4.69, 9.17) is 9.47 Å². The van der Waals surface area contributed by atoms with E-state index in [1.54, 1.807) is 72.8 Å². The summed E-state index contributed by atoms with van der Waals surface area (Å²) in [5, 5.41) is 18.9. The van der Waals surface area contributed by atoms with Gasteiger partial charge >= 0.3 is 11.9 Å². The molecule has 0 spiro atoms. The first-order valence-electron chi connectivity index (χ1n) is 11.8. The average Bonchev–Trinajstić information content (AvgIpc) is 2.91. The van der Waals surface area contributed by atoms with Gasteiger partial charge in [0.15, 0.2) is 0 Å². The number of aromatic hydroxyl groups is 2. The zero-order chi connectivity index (χ0) is 26.4. The number of esters is 2. The highest BCUT2D eigenvalue weighted by Gasteiger charge is 2.24. The largest absolute Gasteiger partial charge is 0.508 e. The Labute approximate surface area is 215 Å². The second kappa shape index (κ2) is 11.0. The second-order valence-electron chi connectivity index (χ2n) is 9.56. The van der Waals surface area contributed by atoms with Crippen molar-refractivity contribution in [2.24, 2.45) is 5.41 Å². The van der Waals surface area contributed by atoms with Crippen LogP contribution in [0.2, 0.25) is 0 Å². The molecule has 0 atom stereocenters. The number of phenols is 2. The molecule has 4 rings (SSSR count). The minimum absolute atomic E-state index is 0.0820. The highest BCUT2D eigenvalue weighted by Crippen LogP contribution is 2.25. The monoisotopic (exact) mass is 496 g/mol. The molecule has 4 aromatic carbocycles. The van der Waals surface area contributed by atoms with Crippen molar-refractivity contribution >= 4 is 11.9 Å². The lowest BCUT2D eigenvalue weighted by molar-refractivity contribution is 0.00616. The van der Waals surface area contributed by atoms with E-state index in [0.717, 1.165) is 22.3 Å². The van der Waals surface area contributed by atoms with Crippen LogP contribution in [-0.4, -0.2) is 35.4 Å². The molecule has 0 fully saturated rings. The fraction of sp³-hybridized carbons (Fsp3) is 0.161. The van der Waals surface area contributed by atoms with Crippen LogP contribution in [0.1, 0.15) is 34.6 Å². The number of carbonyl (C=O) groups is 2. The first-order valence-corrected chi connectivity index (χ1v) is 11.8. The van der Waals surface area contributed by atoms with Crippen molar-refractivity contribution in [2.45, 2.75) is 13.8 Å². The van der Waals surface area contributed by atoms with Gasteiger partial charge in [-0.05, 0) is 70.8 Å². The fourth-order valence-corrected chi connectivity index (χ4v) is 3.64. The van der Waals surface area contributed by atoms with E-state index in [9.17, 15) is 19.8 Å². The Morgan fingerprint density at radius 2 is 0.811 bits per heavy atom. The van der Waals surface area contributed by atoms with Crippen LogP contribution in [0.5, 0.6) is 11.5 Å². The van der Waals surface area contributed by atoms with Gasteiger partial charge in [0.25, 0.3) is 0 Å².